The van der Waals surface area contributed by atoms with E-state index >= 15 is 0 Å². The molecule has 0 aliphatic carbocycles. The minimum atomic E-state index is -0.413. The molecule has 2 N–H and O–H groups in total. The van der Waals surface area contributed by atoms with Crippen molar-refractivity contribution in [1.82, 2.24) is 14.5 Å². The van der Waals surface area contributed by atoms with Gasteiger partial charge in [0.25, 0.3) is 0 Å². The molecular weight excluding hydrogens is 268 g/mol. The van der Waals surface area contributed by atoms with Crippen LogP contribution < -0.4 is 5.73 Å². The second kappa shape index (κ2) is 5.83. The first-order chi connectivity index (χ1) is 10.2. The Morgan fingerprint density at radius 2 is 2.29 bits per heavy atom. The lowest BCUT2D eigenvalue weighted by atomic mass is 10.2. The molecule has 21 heavy (non-hydrogen) atoms. The van der Waals surface area contributed by atoms with Crippen LogP contribution in [-0.2, 0) is 17.8 Å². The summed E-state index contributed by atoms with van der Waals surface area (Å²) in [7, 11) is 1.73. The van der Waals surface area contributed by atoms with Gasteiger partial charge in [-0.2, -0.15) is 0 Å². The molecule has 0 atom stereocenters. The Labute approximate surface area is 123 Å². The smallest absolute Gasteiger partial charge is 0.248 e. The number of amides is 1. The maximum atomic E-state index is 11.3. The summed E-state index contributed by atoms with van der Waals surface area (Å²) in [6.07, 6.45) is 1.03. The number of rotatable bonds is 5. The van der Waals surface area contributed by atoms with Crippen molar-refractivity contribution in [2.75, 3.05) is 26.8 Å². The van der Waals surface area contributed by atoms with Gasteiger partial charge in [-0.05, 0) is 24.6 Å². The Hall–Kier alpha value is -1.92. The minimum absolute atomic E-state index is 0.413. The summed E-state index contributed by atoms with van der Waals surface area (Å²) in [5, 5.41) is 0. The maximum absolute atomic E-state index is 11.3. The van der Waals surface area contributed by atoms with E-state index in [1.54, 1.807) is 19.2 Å². The SMILES string of the molecule is COCCCN1CCn2c(nc3cc(C(N)=O)ccc32)C1. The first-order valence-corrected chi connectivity index (χ1v) is 7.19. The average molecular weight is 288 g/mol. The minimum Gasteiger partial charge on any atom is -0.385 e. The molecule has 0 unspecified atom stereocenters. The van der Waals surface area contributed by atoms with E-state index < -0.39 is 5.91 Å². The van der Waals surface area contributed by atoms with Gasteiger partial charge in [-0.1, -0.05) is 0 Å². The van der Waals surface area contributed by atoms with E-state index in [1.807, 2.05) is 6.07 Å². The highest BCUT2D eigenvalue weighted by Gasteiger charge is 2.20. The zero-order valence-corrected chi connectivity index (χ0v) is 12.2. The fourth-order valence-corrected chi connectivity index (χ4v) is 2.85. The summed E-state index contributed by atoms with van der Waals surface area (Å²) in [4.78, 5) is 18.3. The Bertz CT molecular complexity index is 665. The lowest BCUT2D eigenvalue weighted by molar-refractivity contribution is 0.100. The zero-order chi connectivity index (χ0) is 14.8. The molecule has 6 nitrogen and oxygen atoms in total. The highest BCUT2D eigenvalue weighted by molar-refractivity contribution is 5.96. The Morgan fingerprint density at radius 1 is 1.43 bits per heavy atom. The van der Waals surface area contributed by atoms with Crippen LogP contribution >= 0.6 is 0 Å². The average Bonchev–Trinajstić information content (AvgIpc) is 2.84. The molecule has 1 amide bonds. The van der Waals surface area contributed by atoms with E-state index in [2.05, 4.69) is 14.5 Å². The van der Waals surface area contributed by atoms with Gasteiger partial charge in [-0.25, -0.2) is 4.98 Å². The Morgan fingerprint density at radius 3 is 3.05 bits per heavy atom. The molecular formula is C15H20N4O2. The van der Waals surface area contributed by atoms with Gasteiger partial charge >= 0.3 is 0 Å². The van der Waals surface area contributed by atoms with Crippen molar-refractivity contribution in [3.63, 3.8) is 0 Å². The van der Waals surface area contributed by atoms with Gasteiger partial charge in [-0.15, -0.1) is 0 Å². The number of primary amides is 1. The highest BCUT2D eigenvalue weighted by atomic mass is 16.5. The fraction of sp³-hybridized carbons (Fsp3) is 0.467. The summed E-state index contributed by atoms with van der Waals surface area (Å²) in [5.41, 5.74) is 7.76. The van der Waals surface area contributed by atoms with Crippen molar-refractivity contribution in [1.29, 1.82) is 0 Å². The molecule has 1 aromatic heterocycles. The number of nitrogens with zero attached hydrogens (tertiary/aromatic N) is 3. The van der Waals surface area contributed by atoms with Crippen LogP contribution in [0.1, 0.15) is 22.6 Å². The second-order valence-corrected chi connectivity index (χ2v) is 5.37. The number of nitrogens with two attached hydrogens (primary N) is 1. The molecule has 2 aromatic rings. The first kappa shape index (κ1) is 14.0. The molecule has 0 spiro atoms. The second-order valence-electron chi connectivity index (χ2n) is 5.37. The van der Waals surface area contributed by atoms with Gasteiger partial charge in [0, 0.05) is 38.9 Å². The number of benzene rings is 1. The van der Waals surface area contributed by atoms with Crippen LogP contribution in [0.15, 0.2) is 18.2 Å². The van der Waals surface area contributed by atoms with Crippen LogP contribution in [0.4, 0.5) is 0 Å². The van der Waals surface area contributed by atoms with Crippen LogP contribution in [0.2, 0.25) is 0 Å². The van der Waals surface area contributed by atoms with Gasteiger partial charge in [0.1, 0.15) is 5.82 Å². The number of carbonyl (C=O) groups is 1. The molecule has 112 valence electrons. The van der Waals surface area contributed by atoms with E-state index in [0.717, 1.165) is 56.1 Å². The zero-order valence-electron chi connectivity index (χ0n) is 12.2. The standard InChI is InChI=1S/C15H20N4O2/c1-21-8-2-5-18-6-7-19-13-4-3-11(15(16)20)9-12(13)17-14(19)10-18/h3-4,9H,2,5-8,10H2,1H3,(H2,16,20). The van der Waals surface area contributed by atoms with E-state index in [9.17, 15) is 4.79 Å². The van der Waals surface area contributed by atoms with Gasteiger partial charge < -0.3 is 15.0 Å². The number of fused-ring (bicyclic) bond motifs is 3. The van der Waals surface area contributed by atoms with Crippen molar-refractivity contribution in [2.24, 2.45) is 5.73 Å². The fourth-order valence-electron chi connectivity index (χ4n) is 2.85. The molecule has 0 bridgehead atoms. The first-order valence-electron chi connectivity index (χ1n) is 7.19. The van der Waals surface area contributed by atoms with Crippen molar-refractivity contribution in [2.45, 2.75) is 19.5 Å². The van der Waals surface area contributed by atoms with Crippen molar-refractivity contribution in [3.8, 4) is 0 Å². The van der Waals surface area contributed by atoms with E-state index in [-0.39, 0.29) is 0 Å². The molecule has 0 saturated heterocycles. The molecule has 0 fully saturated rings. The molecule has 1 aliphatic heterocycles. The summed E-state index contributed by atoms with van der Waals surface area (Å²) in [6.45, 7) is 4.58. The highest BCUT2D eigenvalue weighted by Crippen LogP contribution is 2.22. The van der Waals surface area contributed by atoms with Crippen LogP contribution in [-0.4, -0.2) is 47.2 Å². The van der Waals surface area contributed by atoms with Gasteiger partial charge in [0.15, 0.2) is 0 Å². The molecule has 1 aliphatic rings. The summed E-state index contributed by atoms with van der Waals surface area (Å²) >= 11 is 0. The van der Waals surface area contributed by atoms with Gasteiger partial charge in [0.05, 0.1) is 17.6 Å². The van der Waals surface area contributed by atoms with Crippen LogP contribution in [0.3, 0.4) is 0 Å². The van der Waals surface area contributed by atoms with Gasteiger partial charge in [0.2, 0.25) is 5.91 Å². The number of hydrogen-bond acceptors (Lipinski definition) is 4. The lowest BCUT2D eigenvalue weighted by Crippen LogP contribution is -2.34. The predicted molar refractivity (Wildman–Crippen MR) is 80.0 cm³/mol. The number of hydrogen-bond donors (Lipinski definition) is 1. The summed E-state index contributed by atoms with van der Waals surface area (Å²) in [6, 6.07) is 5.48. The topological polar surface area (TPSA) is 73.4 Å². The third-order valence-electron chi connectivity index (χ3n) is 3.94. The van der Waals surface area contributed by atoms with Crippen molar-refractivity contribution in [3.05, 3.63) is 29.6 Å². The van der Waals surface area contributed by atoms with E-state index in [4.69, 9.17) is 10.5 Å². The molecule has 1 aromatic carbocycles. The van der Waals surface area contributed by atoms with E-state index in [1.165, 1.54) is 0 Å². The Kier molecular flexibility index (Phi) is 3.90. The number of imidazole rings is 1. The molecule has 6 heteroatoms. The predicted octanol–water partition coefficient (Wildman–Crippen LogP) is 0.987. The lowest BCUT2D eigenvalue weighted by Gasteiger charge is -2.27. The van der Waals surface area contributed by atoms with E-state index in [0.29, 0.717) is 5.56 Å². The van der Waals surface area contributed by atoms with Crippen molar-refractivity contribution >= 4 is 16.9 Å². The van der Waals surface area contributed by atoms with Crippen LogP contribution in [0, 0.1) is 0 Å². The molecule has 3 rings (SSSR count). The summed E-state index contributed by atoms with van der Waals surface area (Å²) < 4.78 is 7.32. The quantitative estimate of drug-likeness (QED) is 0.833. The molecule has 0 saturated carbocycles. The van der Waals surface area contributed by atoms with Gasteiger partial charge in [-0.3, -0.25) is 9.69 Å². The third-order valence-corrected chi connectivity index (χ3v) is 3.94. The van der Waals surface area contributed by atoms with Crippen LogP contribution in [0.25, 0.3) is 11.0 Å². The van der Waals surface area contributed by atoms with Crippen molar-refractivity contribution < 1.29 is 9.53 Å². The number of ether oxygens (including phenoxy) is 1. The molecule has 2 heterocycles. The Balaban J connectivity index is 1.82. The largest absolute Gasteiger partial charge is 0.385 e. The summed E-state index contributed by atoms with van der Waals surface area (Å²) in [5.74, 6) is 0.638. The normalized spacial score (nSPS) is 15.3. The number of carbonyl (C=O) groups excluding carboxylic acids is 1. The third kappa shape index (κ3) is 2.77. The number of aromatic nitrogens is 2. The molecule has 0 radical (unpaired) electrons. The number of methoxy groups -OCH3 is 1. The van der Waals surface area contributed by atoms with Crippen LogP contribution in [0.5, 0.6) is 0 Å². The maximum Gasteiger partial charge on any atom is 0.248 e. The monoisotopic (exact) mass is 288 g/mol.